The number of hydrogen-bond donors (Lipinski definition) is 1. The minimum atomic E-state index is 0.111. The minimum absolute atomic E-state index is 0.111. The van der Waals surface area contributed by atoms with Gasteiger partial charge in [0.15, 0.2) is 5.78 Å². The van der Waals surface area contributed by atoms with E-state index in [2.05, 4.69) is 4.98 Å². The summed E-state index contributed by atoms with van der Waals surface area (Å²) in [6, 6.07) is 5.91. The van der Waals surface area contributed by atoms with Crippen LogP contribution in [-0.4, -0.2) is 10.8 Å². The van der Waals surface area contributed by atoms with Gasteiger partial charge in [-0.05, 0) is 23.8 Å². The maximum absolute atomic E-state index is 11.5. The summed E-state index contributed by atoms with van der Waals surface area (Å²) in [5.74, 6) is 0.111. The van der Waals surface area contributed by atoms with Crippen LogP contribution in [-0.2, 0) is 0 Å². The third-order valence-corrected chi connectivity index (χ3v) is 2.43. The normalized spacial score (nSPS) is 14.0. The number of aromatic amines is 1. The zero-order valence-electron chi connectivity index (χ0n) is 6.87. The molecule has 1 aliphatic rings. The van der Waals surface area contributed by atoms with Crippen LogP contribution in [0.5, 0.6) is 0 Å². The Kier molecular flexibility index (Phi) is 1.08. The van der Waals surface area contributed by atoms with E-state index in [1.165, 1.54) is 0 Å². The van der Waals surface area contributed by atoms with Crippen LogP contribution < -0.4 is 0 Å². The van der Waals surface area contributed by atoms with E-state index in [4.69, 9.17) is 0 Å². The van der Waals surface area contributed by atoms with E-state index in [1.807, 2.05) is 30.5 Å². The lowest BCUT2D eigenvalue weighted by Gasteiger charge is -1.98. The Balaban J connectivity index is 2.53. The molecule has 1 aliphatic carbocycles. The summed E-state index contributed by atoms with van der Waals surface area (Å²) < 4.78 is 0. The van der Waals surface area contributed by atoms with Gasteiger partial charge in [-0.1, -0.05) is 12.1 Å². The molecule has 0 fully saturated rings. The quantitative estimate of drug-likeness (QED) is 0.645. The molecule has 0 saturated heterocycles. The fraction of sp³-hybridized carbons (Fsp3) is 0. The fourth-order valence-corrected chi connectivity index (χ4v) is 1.81. The number of nitrogens with one attached hydrogen (secondary N) is 1. The number of ketones is 1. The topological polar surface area (TPSA) is 32.9 Å². The summed E-state index contributed by atoms with van der Waals surface area (Å²) >= 11 is 0. The molecule has 0 atom stereocenters. The Morgan fingerprint density at radius 3 is 2.92 bits per heavy atom. The second kappa shape index (κ2) is 2.10. The highest BCUT2D eigenvalue weighted by Gasteiger charge is 2.16. The molecule has 0 spiro atoms. The van der Waals surface area contributed by atoms with Crippen molar-refractivity contribution in [3.05, 3.63) is 41.6 Å². The lowest BCUT2D eigenvalue weighted by Crippen LogP contribution is -1.91. The average Bonchev–Trinajstić information content (AvgIpc) is 2.70. The van der Waals surface area contributed by atoms with E-state index in [-0.39, 0.29) is 5.78 Å². The van der Waals surface area contributed by atoms with E-state index < -0.39 is 0 Å². The van der Waals surface area contributed by atoms with Gasteiger partial charge >= 0.3 is 0 Å². The van der Waals surface area contributed by atoms with E-state index >= 15 is 0 Å². The molecular weight excluding hydrogens is 162 g/mol. The lowest BCUT2D eigenvalue weighted by molar-refractivity contribution is 0.105. The zero-order valence-corrected chi connectivity index (χ0v) is 6.87. The molecule has 0 aliphatic heterocycles. The van der Waals surface area contributed by atoms with Gasteiger partial charge in [0.25, 0.3) is 0 Å². The van der Waals surface area contributed by atoms with Crippen molar-refractivity contribution in [1.82, 2.24) is 4.98 Å². The summed E-state index contributed by atoms with van der Waals surface area (Å²) in [5, 5.41) is 1.02. The molecule has 0 amide bonds. The summed E-state index contributed by atoms with van der Waals surface area (Å²) in [6.45, 7) is 0. The van der Waals surface area contributed by atoms with Crippen LogP contribution in [0.3, 0.4) is 0 Å². The van der Waals surface area contributed by atoms with Gasteiger partial charge in [0.1, 0.15) is 0 Å². The molecule has 1 aromatic carbocycles. The molecule has 3 rings (SSSR count). The van der Waals surface area contributed by atoms with Crippen molar-refractivity contribution in [3.8, 4) is 0 Å². The number of allylic oxidation sites excluding steroid dienone is 1. The van der Waals surface area contributed by atoms with Gasteiger partial charge in [-0.3, -0.25) is 4.79 Å². The SMILES string of the molecule is O=C1C=Cc2ccc3[nH]ccc3c21. The largest absolute Gasteiger partial charge is 0.361 e. The van der Waals surface area contributed by atoms with Crippen LogP contribution in [0, 0.1) is 0 Å². The predicted octanol–water partition coefficient (Wildman–Crippen LogP) is 2.38. The van der Waals surface area contributed by atoms with Gasteiger partial charge in [-0.2, -0.15) is 0 Å². The highest BCUT2D eigenvalue weighted by Crippen LogP contribution is 2.27. The van der Waals surface area contributed by atoms with Gasteiger partial charge in [0.2, 0.25) is 0 Å². The third-order valence-electron chi connectivity index (χ3n) is 2.43. The Hall–Kier alpha value is -1.83. The number of carbonyl (C=O) groups is 1. The van der Waals surface area contributed by atoms with Crippen LogP contribution in [0.1, 0.15) is 15.9 Å². The molecule has 2 heteroatoms. The standard InChI is InChI=1S/C11H7NO/c13-10-4-2-7-1-3-9-8(11(7)10)5-6-12-9/h1-6,12H. The minimum Gasteiger partial charge on any atom is -0.361 e. The van der Waals surface area contributed by atoms with Crippen molar-refractivity contribution in [1.29, 1.82) is 0 Å². The first kappa shape index (κ1) is 6.66. The molecule has 62 valence electrons. The monoisotopic (exact) mass is 169 g/mol. The Labute approximate surface area is 74.9 Å². The number of rotatable bonds is 0. The molecule has 1 N–H and O–H groups in total. The van der Waals surface area contributed by atoms with Crippen LogP contribution in [0.4, 0.5) is 0 Å². The number of carbonyl (C=O) groups excluding carboxylic acids is 1. The summed E-state index contributed by atoms with van der Waals surface area (Å²) in [7, 11) is 0. The highest BCUT2D eigenvalue weighted by molar-refractivity contribution is 6.20. The molecule has 2 aromatic rings. The van der Waals surface area contributed by atoms with E-state index in [0.717, 1.165) is 22.0 Å². The van der Waals surface area contributed by atoms with Gasteiger partial charge in [0.05, 0.1) is 0 Å². The van der Waals surface area contributed by atoms with E-state index in [1.54, 1.807) is 6.08 Å². The van der Waals surface area contributed by atoms with Gasteiger partial charge in [0, 0.05) is 22.7 Å². The first-order chi connectivity index (χ1) is 6.36. The van der Waals surface area contributed by atoms with Crippen molar-refractivity contribution >= 4 is 22.8 Å². The van der Waals surface area contributed by atoms with Crippen molar-refractivity contribution in [2.45, 2.75) is 0 Å². The maximum Gasteiger partial charge on any atom is 0.187 e. The molecule has 0 radical (unpaired) electrons. The van der Waals surface area contributed by atoms with Crippen molar-refractivity contribution < 1.29 is 4.79 Å². The summed E-state index contributed by atoms with van der Waals surface area (Å²) in [6.07, 6.45) is 5.34. The molecule has 0 unspecified atom stereocenters. The van der Waals surface area contributed by atoms with Gasteiger partial charge < -0.3 is 4.98 Å². The molecular formula is C11H7NO. The molecule has 2 nitrogen and oxygen atoms in total. The number of benzene rings is 1. The number of H-pyrrole nitrogens is 1. The molecule has 0 bridgehead atoms. The molecule has 13 heavy (non-hydrogen) atoms. The van der Waals surface area contributed by atoms with Crippen molar-refractivity contribution in [3.63, 3.8) is 0 Å². The first-order valence-electron chi connectivity index (χ1n) is 4.19. The van der Waals surface area contributed by atoms with Gasteiger partial charge in [-0.15, -0.1) is 0 Å². The van der Waals surface area contributed by atoms with Crippen LogP contribution in [0.25, 0.3) is 17.0 Å². The Morgan fingerprint density at radius 1 is 1.08 bits per heavy atom. The van der Waals surface area contributed by atoms with Gasteiger partial charge in [-0.25, -0.2) is 0 Å². The second-order valence-corrected chi connectivity index (χ2v) is 3.17. The fourth-order valence-electron chi connectivity index (χ4n) is 1.81. The van der Waals surface area contributed by atoms with Crippen molar-refractivity contribution in [2.75, 3.05) is 0 Å². The number of aromatic nitrogens is 1. The average molecular weight is 169 g/mol. The molecule has 1 aromatic heterocycles. The van der Waals surface area contributed by atoms with Crippen LogP contribution >= 0.6 is 0 Å². The van der Waals surface area contributed by atoms with E-state index in [0.29, 0.717) is 0 Å². The van der Waals surface area contributed by atoms with E-state index in [9.17, 15) is 4.79 Å². The van der Waals surface area contributed by atoms with Crippen LogP contribution in [0.2, 0.25) is 0 Å². The smallest absolute Gasteiger partial charge is 0.187 e. The highest BCUT2D eigenvalue weighted by atomic mass is 16.1. The van der Waals surface area contributed by atoms with Crippen LogP contribution in [0.15, 0.2) is 30.5 Å². The summed E-state index contributed by atoms with van der Waals surface area (Å²) in [4.78, 5) is 14.6. The third kappa shape index (κ3) is 0.746. The molecule has 0 saturated carbocycles. The molecule has 1 heterocycles. The predicted molar refractivity (Wildman–Crippen MR) is 51.7 cm³/mol. The Bertz CT molecular complexity index is 534. The lowest BCUT2D eigenvalue weighted by atomic mass is 10.0. The summed E-state index contributed by atoms with van der Waals surface area (Å²) in [5.41, 5.74) is 2.88. The first-order valence-corrected chi connectivity index (χ1v) is 4.19. The maximum atomic E-state index is 11.5. The Morgan fingerprint density at radius 2 is 2.00 bits per heavy atom. The number of hydrogen-bond acceptors (Lipinski definition) is 1. The zero-order chi connectivity index (χ0) is 8.84. The number of fused-ring (bicyclic) bond motifs is 3. The second-order valence-electron chi connectivity index (χ2n) is 3.17. The van der Waals surface area contributed by atoms with Crippen molar-refractivity contribution in [2.24, 2.45) is 0 Å².